The van der Waals surface area contributed by atoms with Crippen molar-refractivity contribution >= 4 is 52.2 Å². The molecule has 3 aromatic heterocycles. The third-order valence-corrected chi connectivity index (χ3v) is 5.93. The lowest BCUT2D eigenvalue weighted by Gasteiger charge is -2.33. The molecule has 1 aliphatic carbocycles. The Morgan fingerprint density at radius 1 is 1.14 bits per heavy atom. The van der Waals surface area contributed by atoms with Crippen LogP contribution in [0.15, 0.2) is 24.5 Å². The Labute approximate surface area is 218 Å². The molecule has 0 saturated heterocycles. The highest BCUT2D eigenvalue weighted by atomic mass is 35.5. The van der Waals surface area contributed by atoms with Crippen molar-refractivity contribution in [3.63, 3.8) is 0 Å². The van der Waals surface area contributed by atoms with E-state index in [4.69, 9.17) is 32.8 Å². The average Bonchev–Trinajstić information content (AvgIpc) is 3.19. The molecule has 0 aromatic carbocycles. The summed E-state index contributed by atoms with van der Waals surface area (Å²) >= 11 is 12.1. The minimum absolute atomic E-state index is 0.0608. The van der Waals surface area contributed by atoms with Crippen LogP contribution in [0.25, 0.3) is 5.65 Å². The summed E-state index contributed by atoms with van der Waals surface area (Å²) < 4.78 is 35.5. The maximum absolute atomic E-state index is 12.7. The molecule has 0 radical (unpaired) electrons. The molecule has 1 fully saturated rings. The largest absolute Gasteiger partial charge is 0.375 e. The Morgan fingerprint density at radius 2 is 1.89 bits per heavy atom. The van der Waals surface area contributed by atoms with Gasteiger partial charge in [-0.2, -0.15) is 13.9 Å². The van der Waals surface area contributed by atoms with E-state index in [1.807, 2.05) is 0 Å². The van der Waals surface area contributed by atoms with Crippen LogP contribution in [0.3, 0.4) is 0 Å². The molecule has 12 nitrogen and oxygen atoms in total. The van der Waals surface area contributed by atoms with E-state index in [0.717, 1.165) is 0 Å². The number of fused-ring (bicyclic) bond motifs is 1. The first kappa shape index (κ1) is 26.9. The molecule has 16 heteroatoms. The number of halogens is 4. The summed E-state index contributed by atoms with van der Waals surface area (Å²) in [6.45, 7) is -1.09. The van der Waals surface area contributed by atoms with Crippen LogP contribution < -0.4 is 16.1 Å². The molecule has 4 rings (SSSR count). The number of aromatic nitrogens is 4. The molecule has 1 atom stereocenters. The molecular weight excluding hydrogens is 539 g/mol. The van der Waals surface area contributed by atoms with Gasteiger partial charge < -0.3 is 20.1 Å². The first-order valence-corrected chi connectivity index (χ1v) is 11.6. The highest BCUT2D eigenvalue weighted by Crippen LogP contribution is 2.28. The minimum Gasteiger partial charge on any atom is -0.375 e. The van der Waals surface area contributed by atoms with Gasteiger partial charge in [0.05, 0.1) is 52.8 Å². The van der Waals surface area contributed by atoms with Crippen molar-refractivity contribution in [1.82, 2.24) is 25.1 Å². The van der Waals surface area contributed by atoms with E-state index in [-0.39, 0.29) is 34.4 Å². The average molecular weight is 560 g/mol. The topological polar surface area (TPSA) is 141 Å². The smallest absolute Gasteiger partial charge is 0.345 e. The van der Waals surface area contributed by atoms with Gasteiger partial charge in [-0.1, -0.05) is 23.2 Å². The number of pyridine rings is 1. The molecule has 37 heavy (non-hydrogen) atoms. The number of methoxy groups -OCH3 is 1. The monoisotopic (exact) mass is 559 g/mol. The van der Waals surface area contributed by atoms with Gasteiger partial charge >= 0.3 is 12.6 Å². The van der Waals surface area contributed by atoms with Gasteiger partial charge in [-0.25, -0.2) is 24.8 Å². The second-order valence-corrected chi connectivity index (χ2v) is 8.76. The van der Waals surface area contributed by atoms with E-state index in [1.54, 1.807) is 13.0 Å². The van der Waals surface area contributed by atoms with Crippen molar-refractivity contribution in [2.45, 2.75) is 44.7 Å². The number of hydrogen-bond donors (Lipinski definition) is 3. The van der Waals surface area contributed by atoms with Gasteiger partial charge in [0.25, 0.3) is 5.91 Å². The Balaban J connectivity index is 1.36. The highest BCUT2D eigenvalue weighted by molar-refractivity contribution is 6.33. The lowest BCUT2D eigenvalue weighted by Crippen LogP contribution is -2.42. The number of carbonyl (C=O) groups is 2. The van der Waals surface area contributed by atoms with Crippen LogP contribution in [0.4, 0.5) is 25.0 Å². The number of rotatable bonds is 9. The second kappa shape index (κ2) is 11.5. The molecule has 0 bridgehead atoms. The normalized spacial score (nSPS) is 17.9. The van der Waals surface area contributed by atoms with E-state index < -0.39 is 36.9 Å². The van der Waals surface area contributed by atoms with Gasteiger partial charge in [0, 0.05) is 26.0 Å². The van der Waals surface area contributed by atoms with Crippen LogP contribution >= 0.6 is 23.2 Å². The van der Waals surface area contributed by atoms with Gasteiger partial charge in [0.2, 0.25) is 0 Å². The number of anilines is 2. The quantitative estimate of drug-likeness (QED) is 0.331. The number of hydroxylamine groups is 1. The fourth-order valence-electron chi connectivity index (χ4n) is 3.54. The predicted molar refractivity (Wildman–Crippen MR) is 128 cm³/mol. The lowest BCUT2D eigenvalue weighted by molar-refractivity contribution is -0.212. The molecule has 3 amide bonds. The zero-order valence-corrected chi connectivity index (χ0v) is 20.9. The van der Waals surface area contributed by atoms with E-state index in [2.05, 4.69) is 35.9 Å². The number of nitrogens with zero attached hydrogens (tertiary/aromatic N) is 4. The van der Waals surface area contributed by atoms with Crippen molar-refractivity contribution in [2.75, 3.05) is 17.7 Å². The van der Waals surface area contributed by atoms with Crippen LogP contribution in [0.1, 0.15) is 42.1 Å². The summed E-state index contributed by atoms with van der Waals surface area (Å²) in [5.74, 6) is -0.741. The maximum atomic E-state index is 12.7. The van der Waals surface area contributed by atoms with Crippen molar-refractivity contribution in [2.24, 2.45) is 0 Å². The van der Waals surface area contributed by atoms with E-state index in [0.29, 0.717) is 17.0 Å². The van der Waals surface area contributed by atoms with Gasteiger partial charge in [0.15, 0.2) is 10.8 Å². The molecule has 0 unspecified atom stereocenters. The number of nitrogens with one attached hydrogen (secondary N) is 3. The van der Waals surface area contributed by atoms with E-state index >= 15 is 0 Å². The Hall–Kier alpha value is -3.17. The first-order valence-electron chi connectivity index (χ1n) is 10.8. The van der Waals surface area contributed by atoms with Crippen LogP contribution in [0.5, 0.6) is 0 Å². The number of ether oxygens (including phenoxy) is 2. The third kappa shape index (κ3) is 6.40. The Bertz CT molecular complexity index is 1310. The number of hydrogen-bond acceptors (Lipinski definition) is 8. The van der Waals surface area contributed by atoms with Crippen molar-refractivity contribution < 1.29 is 32.7 Å². The first-order chi connectivity index (χ1) is 17.6. The molecule has 1 aliphatic rings. The summed E-state index contributed by atoms with van der Waals surface area (Å²) in [6, 6.07) is 2.25. The van der Waals surface area contributed by atoms with Gasteiger partial charge in [-0.3, -0.25) is 9.63 Å². The van der Waals surface area contributed by atoms with E-state index in [9.17, 15) is 18.4 Å². The summed E-state index contributed by atoms with van der Waals surface area (Å²) in [6.07, 6.45) is 1.55. The molecule has 198 valence electrons. The van der Waals surface area contributed by atoms with Crippen molar-refractivity contribution in [3.05, 3.63) is 46.1 Å². The molecular formula is C21H21Cl2F2N7O5. The summed E-state index contributed by atoms with van der Waals surface area (Å²) in [4.78, 5) is 38.3. The van der Waals surface area contributed by atoms with Gasteiger partial charge in [-0.15, -0.1) is 0 Å². The molecule has 3 heterocycles. The molecule has 0 spiro atoms. The van der Waals surface area contributed by atoms with Crippen molar-refractivity contribution in [1.29, 1.82) is 0 Å². The van der Waals surface area contributed by atoms with E-state index in [1.165, 1.54) is 30.1 Å². The molecule has 0 aliphatic heterocycles. The maximum Gasteiger partial charge on any atom is 0.345 e. The molecule has 3 N–H and O–H groups in total. The Morgan fingerprint density at radius 3 is 2.57 bits per heavy atom. The standard InChI is InChI=1S/C21H21Cl2F2N7O5/c1-9(35-2)18-14(8-26-16-6-15(23)30-32(16)18)29-21(34)28-10-3-13(22)17(27-7-10)19(33)31-37-12-4-11(5-12)36-20(24)25/h3,6-9,11-12,20H,4-5H2,1-2H3,(H,31,33)(H2,28,29,34)/t9-,11?,12?/m0/s1. The predicted octanol–water partition coefficient (Wildman–Crippen LogP) is 4.21. The molecule has 3 aromatic rings. The van der Waals surface area contributed by atoms with Crippen LogP contribution in [-0.2, 0) is 14.3 Å². The summed E-state index contributed by atoms with van der Waals surface area (Å²) in [5, 5.41) is 9.58. The summed E-state index contributed by atoms with van der Waals surface area (Å²) in [7, 11) is 1.51. The second-order valence-electron chi connectivity index (χ2n) is 7.97. The lowest BCUT2D eigenvalue weighted by atomic mass is 9.92. The number of urea groups is 1. The minimum atomic E-state index is -2.86. The number of alkyl halides is 2. The van der Waals surface area contributed by atoms with Gasteiger partial charge in [0.1, 0.15) is 5.69 Å². The fraction of sp³-hybridized carbons (Fsp3) is 0.381. The van der Waals surface area contributed by atoms with Gasteiger partial charge in [-0.05, 0) is 13.0 Å². The molecule has 1 saturated carbocycles. The fourth-order valence-corrected chi connectivity index (χ4v) is 3.96. The van der Waals surface area contributed by atoms with Crippen LogP contribution in [0.2, 0.25) is 10.2 Å². The highest BCUT2D eigenvalue weighted by Gasteiger charge is 2.34. The summed E-state index contributed by atoms with van der Waals surface area (Å²) in [5.41, 5.74) is 3.53. The zero-order valence-electron chi connectivity index (χ0n) is 19.4. The SMILES string of the molecule is CO[C@@H](C)c1c(NC(=O)Nc2cnc(C(=O)NOC3CC(OC(F)F)C3)c(Cl)c2)cnc2cc(Cl)nn12. The number of carbonyl (C=O) groups excluding carboxylic acids is 2. The Kier molecular flexibility index (Phi) is 8.34. The van der Waals surface area contributed by atoms with Crippen molar-refractivity contribution in [3.8, 4) is 0 Å². The number of amides is 3. The zero-order chi connectivity index (χ0) is 26.7. The third-order valence-electron chi connectivity index (χ3n) is 5.46. The van der Waals surface area contributed by atoms with Crippen LogP contribution in [0, 0.1) is 0 Å². The van der Waals surface area contributed by atoms with Crippen LogP contribution in [-0.4, -0.2) is 57.4 Å².